The number of nitrogens with one attached hydrogen (secondary N) is 1. The highest BCUT2D eigenvalue weighted by Gasteiger charge is 2.06. The van der Waals surface area contributed by atoms with Gasteiger partial charge in [-0.3, -0.25) is 10.1 Å². The van der Waals surface area contributed by atoms with Gasteiger partial charge in [0.15, 0.2) is 0 Å². The summed E-state index contributed by atoms with van der Waals surface area (Å²) in [6.45, 7) is 3.49. The first-order valence-electron chi connectivity index (χ1n) is 5.68. The number of nitro groups is 1. The van der Waals surface area contributed by atoms with Gasteiger partial charge in [0.2, 0.25) is 0 Å². The SMILES string of the molecule is CCn1cncc1CNc1cccc([N+](=O)[O-])c1. The lowest BCUT2D eigenvalue weighted by Gasteiger charge is -2.08. The summed E-state index contributed by atoms with van der Waals surface area (Å²) < 4.78 is 2.02. The number of rotatable bonds is 5. The van der Waals surface area contributed by atoms with Gasteiger partial charge < -0.3 is 9.88 Å². The predicted molar refractivity (Wildman–Crippen MR) is 68.3 cm³/mol. The Labute approximate surface area is 104 Å². The highest BCUT2D eigenvalue weighted by Crippen LogP contribution is 2.17. The van der Waals surface area contributed by atoms with Crippen LogP contribution >= 0.6 is 0 Å². The lowest BCUT2D eigenvalue weighted by molar-refractivity contribution is -0.384. The molecule has 2 rings (SSSR count). The number of nitrogens with zero attached hydrogens (tertiary/aromatic N) is 3. The first-order valence-corrected chi connectivity index (χ1v) is 5.68. The number of nitro benzene ring substituents is 1. The van der Waals surface area contributed by atoms with Crippen molar-refractivity contribution in [3.05, 3.63) is 52.6 Å². The zero-order valence-electron chi connectivity index (χ0n) is 10.0. The molecule has 0 unspecified atom stereocenters. The van der Waals surface area contributed by atoms with E-state index in [0.29, 0.717) is 6.54 Å². The molecule has 0 amide bonds. The Morgan fingerprint density at radius 3 is 3.06 bits per heavy atom. The van der Waals surface area contributed by atoms with Crippen molar-refractivity contribution in [3.8, 4) is 0 Å². The zero-order chi connectivity index (χ0) is 13.0. The van der Waals surface area contributed by atoms with Crippen LogP contribution in [0.1, 0.15) is 12.6 Å². The average Bonchev–Trinajstić information content (AvgIpc) is 2.84. The van der Waals surface area contributed by atoms with E-state index in [2.05, 4.69) is 10.3 Å². The Morgan fingerprint density at radius 1 is 1.50 bits per heavy atom. The Hall–Kier alpha value is -2.37. The summed E-state index contributed by atoms with van der Waals surface area (Å²) in [4.78, 5) is 14.3. The molecule has 1 aromatic carbocycles. The number of imidazole rings is 1. The van der Waals surface area contributed by atoms with Crippen LogP contribution in [0.15, 0.2) is 36.8 Å². The molecule has 0 radical (unpaired) electrons. The summed E-state index contributed by atoms with van der Waals surface area (Å²) in [5.41, 5.74) is 1.86. The van der Waals surface area contributed by atoms with E-state index in [9.17, 15) is 10.1 Å². The molecule has 1 N–H and O–H groups in total. The Bertz CT molecular complexity index is 551. The van der Waals surface area contributed by atoms with Crippen LogP contribution in [0.5, 0.6) is 0 Å². The monoisotopic (exact) mass is 246 g/mol. The summed E-state index contributed by atoms with van der Waals surface area (Å²) in [7, 11) is 0. The van der Waals surface area contributed by atoms with Crippen molar-refractivity contribution in [1.82, 2.24) is 9.55 Å². The average molecular weight is 246 g/mol. The lowest BCUT2D eigenvalue weighted by Crippen LogP contribution is -2.06. The summed E-state index contributed by atoms with van der Waals surface area (Å²) >= 11 is 0. The molecular formula is C12H14N4O2. The van der Waals surface area contributed by atoms with E-state index >= 15 is 0 Å². The molecule has 0 aliphatic rings. The van der Waals surface area contributed by atoms with Gasteiger partial charge in [0.1, 0.15) is 0 Å². The van der Waals surface area contributed by atoms with Gasteiger partial charge in [-0.2, -0.15) is 0 Å². The molecule has 0 saturated heterocycles. The number of benzene rings is 1. The number of aromatic nitrogens is 2. The molecule has 0 fully saturated rings. The summed E-state index contributed by atoms with van der Waals surface area (Å²) in [5.74, 6) is 0. The van der Waals surface area contributed by atoms with Crippen molar-refractivity contribution >= 4 is 11.4 Å². The molecule has 2 aromatic rings. The van der Waals surface area contributed by atoms with Crippen molar-refractivity contribution < 1.29 is 4.92 Å². The number of non-ortho nitro benzene ring substituents is 1. The van der Waals surface area contributed by atoms with Crippen molar-refractivity contribution in [2.75, 3.05) is 5.32 Å². The van der Waals surface area contributed by atoms with Gasteiger partial charge >= 0.3 is 0 Å². The van der Waals surface area contributed by atoms with Crippen LogP contribution in [0, 0.1) is 10.1 Å². The molecule has 6 heteroatoms. The summed E-state index contributed by atoms with van der Waals surface area (Å²) in [6, 6.07) is 6.46. The third-order valence-electron chi connectivity index (χ3n) is 2.67. The molecule has 0 spiro atoms. The van der Waals surface area contributed by atoms with Crippen molar-refractivity contribution in [2.24, 2.45) is 0 Å². The van der Waals surface area contributed by atoms with E-state index in [1.54, 1.807) is 24.7 Å². The van der Waals surface area contributed by atoms with E-state index in [0.717, 1.165) is 17.9 Å². The van der Waals surface area contributed by atoms with E-state index in [-0.39, 0.29) is 5.69 Å². The van der Waals surface area contributed by atoms with Crippen LogP contribution in [0.4, 0.5) is 11.4 Å². The molecule has 0 aliphatic heterocycles. The second-order valence-corrected chi connectivity index (χ2v) is 3.83. The molecule has 6 nitrogen and oxygen atoms in total. The van der Waals surface area contributed by atoms with Gasteiger partial charge in [-0.1, -0.05) is 6.07 Å². The van der Waals surface area contributed by atoms with Crippen LogP contribution < -0.4 is 5.32 Å². The van der Waals surface area contributed by atoms with E-state index in [1.807, 2.05) is 11.5 Å². The Balaban J connectivity index is 2.06. The van der Waals surface area contributed by atoms with Crippen LogP contribution in [-0.2, 0) is 13.1 Å². The predicted octanol–water partition coefficient (Wildman–Crippen LogP) is 2.42. The van der Waals surface area contributed by atoms with Crippen LogP contribution in [0.3, 0.4) is 0 Å². The van der Waals surface area contributed by atoms with Gasteiger partial charge in [-0.15, -0.1) is 0 Å². The van der Waals surface area contributed by atoms with Crippen LogP contribution in [0.25, 0.3) is 0 Å². The molecular weight excluding hydrogens is 232 g/mol. The summed E-state index contributed by atoms with van der Waals surface area (Å²) in [6.07, 6.45) is 3.55. The molecule has 1 heterocycles. The second-order valence-electron chi connectivity index (χ2n) is 3.83. The highest BCUT2D eigenvalue weighted by atomic mass is 16.6. The van der Waals surface area contributed by atoms with E-state index in [4.69, 9.17) is 0 Å². The van der Waals surface area contributed by atoms with Crippen molar-refractivity contribution in [1.29, 1.82) is 0 Å². The number of aryl methyl sites for hydroxylation is 1. The number of hydrogen-bond donors (Lipinski definition) is 1. The van der Waals surface area contributed by atoms with E-state index in [1.165, 1.54) is 12.1 Å². The smallest absolute Gasteiger partial charge is 0.271 e. The lowest BCUT2D eigenvalue weighted by atomic mass is 10.3. The minimum Gasteiger partial charge on any atom is -0.379 e. The van der Waals surface area contributed by atoms with Gasteiger partial charge in [-0.25, -0.2) is 4.98 Å². The minimum absolute atomic E-state index is 0.0870. The van der Waals surface area contributed by atoms with Crippen LogP contribution in [0.2, 0.25) is 0 Å². The standard InChI is InChI=1S/C12H14N4O2/c1-2-15-9-13-7-12(15)8-14-10-4-3-5-11(6-10)16(17)18/h3-7,9,14H,2,8H2,1H3. The fourth-order valence-corrected chi connectivity index (χ4v) is 1.70. The van der Waals surface area contributed by atoms with Crippen LogP contribution in [-0.4, -0.2) is 14.5 Å². The molecule has 0 saturated carbocycles. The molecule has 0 atom stereocenters. The number of hydrogen-bond acceptors (Lipinski definition) is 4. The fraction of sp³-hybridized carbons (Fsp3) is 0.250. The van der Waals surface area contributed by atoms with Gasteiger partial charge in [-0.05, 0) is 13.0 Å². The van der Waals surface area contributed by atoms with Gasteiger partial charge in [0.05, 0.1) is 23.5 Å². The van der Waals surface area contributed by atoms with Gasteiger partial charge in [0.25, 0.3) is 5.69 Å². The molecule has 0 aliphatic carbocycles. The molecule has 18 heavy (non-hydrogen) atoms. The van der Waals surface area contributed by atoms with E-state index < -0.39 is 4.92 Å². The Morgan fingerprint density at radius 2 is 2.33 bits per heavy atom. The third kappa shape index (κ3) is 2.65. The molecule has 0 bridgehead atoms. The topological polar surface area (TPSA) is 73.0 Å². The third-order valence-corrected chi connectivity index (χ3v) is 2.67. The maximum absolute atomic E-state index is 10.7. The first kappa shape index (κ1) is 12.1. The van der Waals surface area contributed by atoms with Crippen molar-refractivity contribution in [2.45, 2.75) is 20.0 Å². The normalized spacial score (nSPS) is 10.3. The maximum Gasteiger partial charge on any atom is 0.271 e. The Kier molecular flexibility index (Phi) is 3.57. The second kappa shape index (κ2) is 5.31. The highest BCUT2D eigenvalue weighted by molar-refractivity contribution is 5.50. The maximum atomic E-state index is 10.7. The number of anilines is 1. The summed E-state index contributed by atoms with van der Waals surface area (Å²) in [5, 5.41) is 13.8. The quantitative estimate of drug-likeness (QED) is 0.649. The first-order chi connectivity index (χ1) is 8.70. The van der Waals surface area contributed by atoms with Crippen molar-refractivity contribution in [3.63, 3.8) is 0 Å². The molecule has 94 valence electrons. The fourth-order valence-electron chi connectivity index (χ4n) is 1.70. The largest absolute Gasteiger partial charge is 0.379 e. The zero-order valence-corrected chi connectivity index (χ0v) is 10.0. The van der Waals surface area contributed by atoms with Gasteiger partial charge in [0, 0.05) is 30.6 Å². The molecule has 1 aromatic heterocycles. The minimum atomic E-state index is -0.401.